The molecule has 1 unspecified atom stereocenters. The van der Waals surface area contributed by atoms with Crippen molar-refractivity contribution in [1.29, 1.82) is 0 Å². The molecule has 4 rings (SSSR count). The Labute approximate surface area is 190 Å². The molecule has 1 heterocycles. The lowest BCUT2D eigenvalue weighted by molar-refractivity contribution is 0.130. The molecule has 4 heteroatoms. The number of aliphatic hydroxyl groups is 1. The van der Waals surface area contributed by atoms with Gasteiger partial charge in [0.25, 0.3) is 0 Å². The van der Waals surface area contributed by atoms with Crippen molar-refractivity contribution in [3.8, 4) is 11.1 Å². The first kappa shape index (κ1) is 21.8. The highest BCUT2D eigenvalue weighted by molar-refractivity contribution is 5.98. The van der Waals surface area contributed by atoms with Gasteiger partial charge in [0.05, 0.1) is 11.5 Å². The smallest absolute Gasteiger partial charge is 0.142 e. The first-order valence-electron chi connectivity index (χ1n) is 11.1. The molecule has 0 spiro atoms. The van der Waals surface area contributed by atoms with Gasteiger partial charge in [-0.3, -0.25) is 4.90 Å². The van der Waals surface area contributed by atoms with Crippen LogP contribution in [0.1, 0.15) is 30.0 Å². The van der Waals surface area contributed by atoms with Crippen molar-refractivity contribution in [3.05, 3.63) is 108 Å². The van der Waals surface area contributed by atoms with Crippen LogP contribution in [0.25, 0.3) is 11.1 Å². The molecule has 0 bridgehead atoms. The third-order valence-electron chi connectivity index (χ3n) is 6.02. The molecule has 164 valence electrons. The highest BCUT2D eigenvalue weighted by Gasteiger charge is 2.24. The van der Waals surface area contributed by atoms with Crippen molar-refractivity contribution in [1.82, 2.24) is 4.90 Å². The molecule has 1 fully saturated rings. The van der Waals surface area contributed by atoms with Gasteiger partial charge in [0.2, 0.25) is 0 Å². The Hall–Kier alpha value is -3.37. The monoisotopic (exact) mass is 426 g/mol. The van der Waals surface area contributed by atoms with Gasteiger partial charge in [-0.2, -0.15) is 0 Å². The van der Waals surface area contributed by atoms with Gasteiger partial charge in [-0.05, 0) is 47.7 Å². The molecule has 1 aliphatic rings. The summed E-state index contributed by atoms with van der Waals surface area (Å²) in [5.41, 5.74) is 6.66. The molecular formula is C28H30N2O2. The fourth-order valence-electron chi connectivity index (χ4n) is 4.04. The molecule has 1 N–H and O–H groups in total. The molecule has 0 saturated carbocycles. The Bertz CT molecular complexity index is 1060. The average Bonchev–Trinajstić information content (AvgIpc) is 3.29. The van der Waals surface area contributed by atoms with Crippen LogP contribution >= 0.6 is 0 Å². The quantitative estimate of drug-likeness (QED) is 0.265. The van der Waals surface area contributed by atoms with Gasteiger partial charge in [0, 0.05) is 19.0 Å². The standard InChI is InChI=1S/C28H30N2O2/c1-21(25-12-8-23(9-13-25)18-30-17-16-28(19-30)22(2)31)29-32-20-24-10-14-27(15-11-24)26-6-4-3-5-7-26/h3-15,28,31H,2,16-20H2,1H3/b29-21-. The minimum Gasteiger partial charge on any atom is -0.513 e. The van der Waals surface area contributed by atoms with Gasteiger partial charge < -0.3 is 9.94 Å². The van der Waals surface area contributed by atoms with E-state index < -0.39 is 0 Å². The van der Waals surface area contributed by atoms with Crippen molar-refractivity contribution in [3.63, 3.8) is 0 Å². The highest BCUT2D eigenvalue weighted by atomic mass is 16.6. The number of benzene rings is 3. The second kappa shape index (κ2) is 10.3. The summed E-state index contributed by atoms with van der Waals surface area (Å²) >= 11 is 0. The number of likely N-dealkylation sites (tertiary alicyclic amines) is 1. The lowest BCUT2D eigenvalue weighted by atomic mass is 10.0. The molecule has 0 aromatic heterocycles. The minimum atomic E-state index is 0.204. The number of hydrogen-bond acceptors (Lipinski definition) is 4. The number of oxime groups is 1. The van der Waals surface area contributed by atoms with E-state index in [2.05, 4.69) is 77.3 Å². The van der Waals surface area contributed by atoms with Crippen LogP contribution < -0.4 is 0 Å². The van der Waals surface area contributed by atoms with Crippen LogP contribution in [0.15, 0.2) is 96.4 Å². The van der Waals surface area contributed by atoms with E-state index in [0.717, 1.165) is 42.9 Å². The predicted octanol–water partition coefficient (Wildman–Crippen LogP) is 6.19. The summed E-state index contributed by atoms with van der Waals surface area (Å²) in [6.45, 7) is 8.83. The number of rotatable bonds is 8. The molecule has 1 atom stereocenters. The van der Waals surface area contributed by atoms with Crippen LogP contribution in [0.4, 0.5) is 0 Å². The van der Waals surface area contributed by atoms with E-state index >= 15 is 0 Å². The van der Waals surface area contributed by atoms with Crippen molar-refractivity contribution in [2.45, 2.75) is 26.5 Å². The SMILES string of the molecule is C=C(O)C1CCN(Cc2ccc(/C(C)=N\OCc3ccc(-c4ccccc4)cc3)cc2)C1. The Balaban J connectivity index is 1.28. The van der Waals surface area contributed by atoms with Crippen molar-refractivity contribution < 1.29 is 9.94 Å². The normalized spacial score (nSPS) is 16.8. The summed E-state index contributed by atoms with van der Waals surface area (Å²) in [5, 5.41) is 13.9. The van der Waals surface area contributed by atoms with Gasteiger partial charge in [-0.15, -0.1) is 0 Å². The molecule has 1 aliphatic heterocycles. The zero-order valence-corrected chi connectivity index (χ0v) is 18.6. The molecule has 0 radical (unpaired) electrons. The van der Waals surface area contributed by atoms with Crippen LogP contribution in [0.5, 0.6) is 0 Å². The Morgan fingerprint density at radius 3 is 2.28 bits per heavy atom. The Kier molecular flexibility index (Phi) is 7.03. The van der Waals surface area contributed by atoms with Crippen LogP contribution in [0.2, 0.25) is 0 Å². The fourth-order valence-corrected chi connectivity index (χ4v) is 4.04. The van der Waals surface area contributed by atoms with E-state index in [9.17, 15) is 5.11 Å². The van der Waals surface area contributed by atoms with Gasteiger partial charge in [0.15, 0.2) is 0 Å². The van der Waals surface area contributed by atoms with Crippen LogP contribution in [0, 0.1) is 5.92 Å². The summed E-state index contributed by atoms with van der Waals surface area (Å²) in [5.74, 6) is 0.511. The maximum atomic E-state index is 9.59. The van der Waals surface area contributed by atoms with Crippen LogP contribution in [-0.4, -0.2) is 28.8 Å². The maximum Gasteiger partial charge on any atom is 0.142 e. The first-order chi connectivity index (χ1) is 15.6. The Morgan fingerprint density at radius 2 is 1.62 bits per heavy atom. The third-order valence-corrected chi connectivity index (χ3v) is 6.02. The summed E-state index contributed by atoms with van der Waals surface area (Å²) < 4.78 is 0. The molecule has 4 nitrogen and oxygen atoms in total. The first-order valence-corrected chi connectivity index (χ1v) is 11.1. The lowest BCUT2D eigenvalue weighted by Gasteiger charge is -2.16. The molecule has 0 aliphatic carbocycles. The van der Waals surface area contributed by atoms with Gasteiger partial charge in [-0.25, -0.2) is 0 Å². The zero-order chi connectivity index (χ0) is 22.3. The summed E-state index contributed by atoms with van der Waals surface area (Å²) in [4.78, 5) is 7.96. The second-order valence-electron chi connectivity index (χ2n) is 8.42. The van der Waals surface area contributed by atoms with E-state index in [1.54, 1.807) is 0 Å². The molecule has 1 saturated heterocycles. The number of aliphatic hydroxyl groups excluding tert-OH is 1. The molecule has 32 heavy (non-hydrogen) atoms. The summed E-state index contributed by atoms with van der Waals surface area (Å²) in [6.07, 6.45) is 0.978. The largest absolute Gasteiger partial charge is 0.513 e. The fraction of sp³-hybridized carbons (Fsp3) is 0.250. The molecule has 3 aromatic carbocycles. The molecule has 3 aromatic rings. The van der Waals surface area contributed by atoms with Crippen LogP contribution in [-0.2, 0) is 18.0 Å². The molecule has 0 amide bonds. The third kappa shape index (κ3) is 5.65. The van der Waals surface area contributed by atoms with Gasteiger partial charge in [0.1, 0.15) is 6.61 Å². The lowest BCUT2D eigenvalue weighted by Crippen LogP contribution is -2.20. The number of hydrogen-bond donors (Lipinski definition) is 1. The van der Waals surface area contributed by atoms with Gasteiger partial charge in [-0.1, -0.05) is 90.6 Å². The van der Waals surface area contributed by atoms with Crippen LogP contribution in [0.3, 0.4) is 0 Å². The summed E-state index contributed by atoms with van der Waals surface area (Å²) in [6, 6.07) is 27.2. The Morgan fingerprint density at radius 1 is 0.969 bits per heavy atom. The zero-order valence-electron chi connectivity index (χ0n) is 18.6. The molecular weight excluding hydrogens is 396 g/mol. The van der Waals surface area contributed by atoms with E-state index in [-0.39, 0.29) is 5.92 Å². The summed E-state index contributed by atoms with van der Waals surface area (Å²) in [7, 11) is 0. The topological polar surface area (TPSA) is 45.1 Å². The number of nitrogens with zero attached hydrogens (tertiary/aromatic N) is 2. The highest BCUT2D eigenvalue weighted by Crippen LogP contribution is 2.23. The average molecular weight is 427 g/mol. The van der Waals surface area contributed by atoms with Crippen molar-refractivity contribution >= 4 is 5.71 Å². The van der Waals surface area contributed by atoms with E-state index in [1.165, 1.54) is 16.7 Å². The second-order valence-corrected chi connectivity index (χ2v) is 8.42. The minimum absolute atomic E-state index is 0.204. The van der Waals surface area contributed by atoms with Gasteiger partial charge >= 0.3 is 0 Å². The maximum absolute atomic E-state index is 9.59. The van der Waals surface area contributed by atoms with E-state index in [4.69, 9.17) is 4.84 Å². The van der Waals surface area contributed by atoms with E-state index in [0.29, 0.717) is 12.4 Å². The van der Waals surface area contributed by atoms with Crippen molar-refractivity contribution in [2.75, 3.05) is 13.1 Å². The predicted molar refractivity (Wildman–Crippen MR) is 130 cm³/mol. The van der Waals surface area contributed by atoms with E-state index in [1.807, 2.05) is 25.1 Å². The van der Waals surface area contributed by atoms with Crippen molar-refractivity contribution in [2.24, 2.45) is 11.1 Å².